The zero-order valence-electron chi connectivity index (χ0n) is 6.56. The molecular weight excluding hydrogens is 249 g/mol. The van der Waals surface area contributed by atoms with Gasteiger partial charge in [-0.1, -0.05) is 34.8 Å². The van der Waals surface area contributed by atoms with Crippen molar-refractivity contribution >= 4 is 45.8 Å². The molecular formula is C8H2Cl3FN2. The summed E-state index contributed by atoms with van der Waals surface area (Å²) < 4.78 is 13.0. The molecule has 2 aromatic rings. The summed E-state index contributed by atoms with van der Waals surface area (Å²) in [5.74, 6) is -0.563. The number of hydrogen-bond donors (Lipinski definition) is 0. The van der Waals surface area contributed by atoms with Crippen LogP contribution in [0.25, 0.3) is 11.0 Å². The molecule has 2 nitrogen and oxygen atoms in total. The second-order valence-corrected chi connectivity index (χ2v) is 3.68. The highest BCUT2D eigenvalue weighted by Crippen LogP contribution is 2.24. The average molecular weight is 251 g/mol. The molecule has 0 aliphatic heterocycles. The summed E-state index contributed by atoms with van der Waals surface area (Å²) in [5.41, 5.74) is 0.729. The highest BCUT2D eigenvalue weighted by molar-refractivity contribution is 6.40. The minimum absolute atomic E-state index is 0.0230. The molecule has 0 aliphatic carbocycles. The molecule has 0 unspecified atom stereocenters. The van der Waals surface area contributed by atoms with Crippen LogP contribution < -0.4 is 0 Å². The Labute approximate surface area is 93.6 Å². The van der Waals surface area contributed by atoms with Crippen LogP contribution in [0, 0.1) is 5.82 Å². The van der Waals surface area contributed by atoms with E-state index in [1.807, 2.05) is 0 Å². The van der Waals surface area contributed by atoms with Gasteiger partial charge >= 0.3 is 0 Å². The van der Waals surface area contributed by atoms with Gasteiger partial charge in [-0.05, 0) is 6.07 Å². The molecule has 14 heavy (non-hydrogen) atoms. The van der Waals surface area contributed by atoms with E-state index in [-0.39, 0.29) is 15.3 Å². The predicted octanol–water partition coefficient (Wildman–Crippen LogP) is 3.73. The largest absolute Gasteiger partial charge is 0.231 e. The maximum absolute atomic E-state index is 13.0. The zero-order chi connectivity index (χ0) is 10.3. The Kier molecular flexibility index (Phi) is 2.47. The minimum atomic E-state index is -0.563. The molecule has 72 valence electrons. The number of hydrogen-bond acceptors (Lipinski definition) is 2. The van der Waals surface area contributed by atoms with E-state index in [1.54, 1.807) is 0 Å². The van der Waals surface area contributed by atoms with Crippen molar-refractivity contribution in [1.82, 2.24) is 9.97 Å². The third kappa shape index (κ3) is 1.63. The molecule has 1 aromatic carbocycles. The van der Waals surface area contributed by atoms with Crippen molar-refractivity contribution in [2.75, 3.05) is 0 Å². The fourth-order valence-corrected chi connectivity index (χ4v) is 1.43. The van der Waals surface area contributed by atoms with Gasteiger partial charge in [-0.2, -0.15) is 0 Å². The monoisotopic (exact) mass is 250 g/mol. The summed E-state index contributed by atoms with van der Waals surface area (Å²) in [4.78, 5) is 7.75. The molecule has 0 N–H and O–H groups in total. The van der Waals surface area contributed by atoms with Crippen LogP contribution in [0.5, 0.6) is 0 Å². The maximum atomic E-state index is 13.0. The summed E-state index contributed by atoms with van der Waals surface area (Å²) in [5, 5.41) is 0.0907. The first-order chi connectivity index (χ1) is 6.58. The molecule has 2 rings (SSSR count). The normalized spacial score (nSPS) is 10.9. The van der Waals surface area contributed by atoms with Gasteiger partial charge in [0.2, 0.25) is 0 Å². The topological polar surface area (TPSA) is 25.8 Å². The van der Waals surface area contributed by atoms with Crippen LogP contribution in [0.3, 0.4) is 0 Å². The van der Waals surface area contributed by atoms with Gasteiger partial charge in [0.05, 0.1) is 16.1 Å². The molecule has 0 amide bonds. The molecule has 0 saturated carbocycles. The Morgan fingerprint density at radius 2 is 1.43 bits per heavy atom. The van der Waals surface area contributed by atoms with Gasteiger partial charge in [0.25, 0.3) is 0 Å². The summed E-state index contributed by atoms with van der Waals surface area (Å²) in [6.07, 6.45) is 0. The lowest BCUT2D eigenvalue weighted by Crippen LogP contribution is -1.88. The second kappa shape index (κ2) is 3.50. The summed E-state index contributed by atoms with van der Waals surface area (Å²) in [6.45, 7) is 0. The molecule has 0 radical (unpaired) electrons. The van der Waals surface area contributed by atoms with E-state index in [4.69, 9.17) is 34.8 Å². The molecule has 0 fully saturated rings. The van der Waals surface area contributed by atoms with Crippen LogP contribution in [0.15, 0.2) is 12.1 Å². The SMILES string of the molecule is Fc1cc2nc(Cl)c(Cl)nc2cc1Cl. The molecule has 0 spiro atoms. The Balaban J connectivity index is 2.83. The quantitative estimate of drug-likeness (QED) is 0.713. The van der Waals surface area contributed by atoms with Crippen molar-refractivity contribution in [2.45, 2.75) is 0 Å². The lowest BCUT2D eigenvalue weighted by Gasteiger charge is -2.00. The van der Waals surface area contributed by atoms with E-state index >= 15 is 0 Å². The Bertz CT molecular complexity index is 426. The van der Waals surface area contributed by atoms with Crippen molar-refractivity contribution < 1.29 is 4.39 Å². The van der Waals surface area contributed by atoms with Crippen LogP contribution in [-0.2, 0) is 0 Å². The molecule has 6 heteroatoms. The van der Waals surface area contributed by atoms with Crippen LogP contribution >= 0.6 is 34.8 Å². The highest BCUT2D eigenvalue weighted by Gasteiger charge is 2.08. The number of benzene rings is 1. The number of fused-ring (bicyclic) bond motifs is 1. The van der Waals surface area contributed by atoms with E-state index in [0.717, 1.165) is 6.07 Å². The van der Waals surface area contributed by atoms with Gasteiger partial charge in [0.15, 0.2) is 10.3 Å². The second-order valence-electron chi connectivity index (χ2n) is 2.56. The van der Waals surface area contributed by atoms with Crippen molar-refractivity contribution in [2.24, 2.45) is 0 Å². The number of rotatable bonds is 0. The maximum Gasteiger partial charge on any atom is 0.167 e. The fourth-order valence-electron chi connectivity index (χ4n) is 1.01. The summed E-state index contributed by atoms with van der Waals surface area (Å²) >= 11 is 16.8. The third-order valence-electron chi connectivity index (χ3n) is 1.62. The van der Waals surface area contributed by atoms with Gasteiger partial charge in [0, 0.05) is 6.07 Å². The van der Waals surface area contributed by atoms with E-state index < -0.39 is 5.82 Å². The number of nitrogens with zero attached hydrogens (tertiary/aromatic N) is 2. The van der Waals surface area contributed by atoms with Gasteiger partial charge in [-0.15, -0.1) is 0 Å². The first kappa shape index (κ1) is 9.90. The van der Waals surface area contributed by atoms with E-state index in [9.17, 15) is 4.39 Å². The van der Waals surface area contributed by atoms with Crippen LogP contribution in [0.1, 0.15) is 0 Å². The molecule has 0 atom stereocenters. The van der Waals surface area contributed by atoms with Gasteiger partial charge < -0.3 is 0 Å². The molecule has 0 bridgehead atoms. The van der Waals surface area contributed by atoms with Crippen LogP contribution in [0.4, 0.5) is 4.39 Å². The molecule has 1 aromatic heterocycles. The van der Waals surface area contributed by atoms with Crippen molar-refractivity contribution in [3.8, 4) is 0 Å². The van der Waals surface area contributed by atoms with Gasteiger partial charge in [0.1, 0.15) is 5.82 Å². The van der Waals surface area contributed by atoms with Crippen molar-refractivity contribution in [1.29, 1.82) is 0 Å². The lowest BCUT2D eigenvalue weighted by molar-refractivity contribution is 0.629. The standard InChI is InChI=1S/C8H2Cl3FN2/c9-3-1-5-6(2-4(3)12)14-8(11)7(10)13-5/h1-2H. The molecule has 1 heterocycles. The first-order valence-electron chi connectivity index (χ1n) is 3.56. The third-order valence-corrected chi connectivity index (χ3v) is 2.54. The minimum Gasteiger partial charge on any atom is -0.231 e. The van der Waals surface area contributed by atoms with E-state index in [2.05, 4.69) is 9.97 Å². The Hall–Kier alpha value is -0.640. The van der Waals surface area contributed by atoms with Crippen molar-refractivity contribution in [3.63, 3.8) is 0 Å². The Morgan fingerprint density at radius 3 is 2.00 bits per heavy atom. The van der Waals surface area contributed by atoms with E-state index in [1.165, 1.54) is 6.07 Å². The number of aromatic nitrogens is 2. The fraction of sp³-hybridized carbons (Fsp3) is 0. The predicted molar refractivity (Wildman–Crippen MR) is 54.5 cm³/mol. The smallest absolute Gasteiger partial charge is 0.167 e. The average Bonchev–Trinajstić information content (AvgIpc) is 2.11. The molecule has 0 saturated heterocycles. The number of halogens is 4. The van der Waals surface area contributed by atoms with Crippen molar-refractivity contribution in [3.05, 3.63) is 33.3 Å². The summed E-state index contributed by atoms with van der Waals surface area (Å²) in [6, 6.07) is 2.51. The van der Waals surface area contributed by atoms with Crippen LogP contribution in [-0.4, -0.2) is 9.97 Å². The van der Waals surface area contributed by atoms with Gasteiger partial charge in [-0.25, -0.2) is 14.4 Å². The van der Waals surface area contributed by atoms with Gasteiger partial charge in [-0.3, -0.25) is 0 Å². The Morgan fingerprint density at radius 1 is 0.929 bits per heavy atom. The lowest BCUT2D eigenvalue weighted by atomic mass is 10.3. The first-order valence-corrected chi connectivity index (χ1v) is 4.69. The highest BCUT2D eigenvalue weighted by atomic mass is 35.5. The van der Waals surface area contributed by atoms with E-state index in [0.29, 0.717) is 11.0 Å². The van der Waals surface area contributed by atoms with Crippen LogP contribution in [0.2, 0.25) is 15.3 Å². The zero-order valence-corrected chi connectivity index (χ0v) is 8.83. The summed E-state index contributed by atoms with van der Waals surface area (Å²) in [7, 11) is 0. The molecule has 0 aliphatic rings.